The van der Waals surface area contributed by atoms with E-state index >= 15 is 0 Å². The first-order valence-electron chi connectivity index (χ1n) is 10.1. The highest BCUT2D eigenvalue weighted by Crippen LogP contribution is 2.28. The molecule has 1 saturated carbocycles. The molecule has 156 valence electrons. The average Bonchev–Trinajstić information content (AvgIpc) is 3.38. The molecule has 8 nitrogen and oxygen atoms in total. The van der Waals surface area contributed by atoms with Gasteiger partial charge in [0.1, 0.15) is 11.3 Å². The van der Waals surface area contributed by atoms with Crippen molar-refractivity contribution in [3.8, 4) is 5.75 Å². The number of aromatic carboxylic acids is 1. The Morgan fingerprint density at radius 1 is 1.20 bits per heavy atom. The maximum absolute atomic E-state index is 12.4. The molecule has 1 aliphatic rings. The number of carbonyl (C=O) groups excluding carboxylic acids is 1. The van der Waals surface area contributed by atoms with Crippen LogP contribution in [0.1, 0.15) is 48.0 Å². The summed E-state index contributed by atoms with van der Waals surface area (Å²) in [7, 11) is 1.50. The van der Waals surface area contributed by atoms with Gasteiger partial charge in [-0.2, -0.15) is 0 Å². The minimum Gasteiger partial charge on any atom is -0.496 e. The van der Waals surface area contributed by atoms with Gasteiger partial charge in [-0.1, -0.05) is 24.1 Å². The third-order valence-corrected chi connectivity index (χ3v) is 5.60. The molecule has 1 heterocycles. The van der Waals surface area contributed by atoms with Gasteiger partial charge in [0.2, 0.25) is 5.91 Å². The summed E-state index contributed by atoms with van der Waals surface area (Å²) in [5, 5.41) is 20.5. The van der Waals surface area contributed by atoms with Gasteiger partial charge >= 0.3 is 5.97 Å². The number of amides is 1. The molecule has 3 aromatic rings. The normalized spacial score (nSPS) is 14.2. The Morgan fingerprint density at radius 2 is 2.00 bits per heavy atom. The highest BCUT2D eigenvalue weighted by molar-refractivity contribution is 5.93. The van der Waals surface area contributed by atoms with Gasteiger partial charge in [-0.25, -0.2) is 9.48 Å². The molecule has 1 aliphatic carbocycles. The van der Waals surface area contributed by atoms with Crippen LogP contribution in [0.2, 0.25) is 0 Å². The lowest BCUT2D eigenvalue weighted by Crippen LogP contribution is -2.15. The molecule has 1 fully saturated rings. The largest absolute Gasteiger partial charge is 0.496 e. The molecule has 1 aromatic heterocycles. The maximum atomic E-state index is 12.4. The van der Waals surface area contributed by atoms with E-state index in [2.05, 4.69) is 15.6 Å². The smallest absolute Gasteiger partial charge is 0.335 e. The molecule has 8 heteroatoms. The van der Waals surface area contributed by atoms with Crippen molar-refractivity contribution < 1.29 is 19.4 Å². The van der Waals surface area contributed by atoms with Crippen LogP contribution in [0.4, 0.5) is 5.69 Å². The lowest BCUT2D eigenvalue weighted by Gasteiger charge is -2.11. The van der Waals surface area contributed by atoms with Crippen LogP contribution >= 0.6 is 0 Å². The van der Waals surface area contributed by atoms with Crippen molar-refractivity contribution in [3.05, 3.63) is 47.5 Å². The number of carboxylic acids is 1. The van der Waals surface area contributed by atoms with Gasteiger partial charge in [-0.3, -0.25) is 4.79 Å². The fraction of sp³-hybridized carbons (Fsp3) is 0.364. The molecule has 1 amide bonds. The minimum absolute atomic E-state index is 0.0335. The molecule has 2 N–H and O–H groups in total. The zero-order valence-corrected chi connectivity index (χ0v) is 16.8. The average molecular weight is 408 g/mol. The number of nitrogens with one attached hydrogen (secondary N) is 1. The summed E-state index contributed by atoms with van der Waals surface area (Å²) in [5.41, 5.74) is 3.14. The van der Waals surface area contributed by atoms with E-state index < -0.39 is 5.97 Å². The van der Waals surface area contributed by atoms with Crippen molar-refractivity contribution in [1.29, 1.82) is 0 Å². The summed E-state index contributed by atoms with van der Waals surface area (Å²) in [5.74, 6) is -0.0167. The molecule has 0 radical (unpaired) electrons. The van der Waals surface area contributed by atoms with Gasteiger partial charge in [-0.15, -0.1) is 5.10 Å². The number of fused-ring (bicyclic) bond motifs is 1. The zero-order valence-electron chi connectivity index (χ0n) is 16.8. The van der Waals surface area contributed by atoms with Crippen molar-refractivity contribution in [2.45, 2.75) is 38.6 Å². The first kappa shape index (κ1) is 19.9. The Morgan fingerprint density at radius 3 is 2.73 bits per heavy atom. The van der Waals surface area contributed by atoms with E-state index in [0.29, 0.717) is 35.8 Å². The van der Waals surface area contributed by atoms with E-state index in [-0.39, 0.29) is 11.5 Å². The second kappa shape index (κ2) is 8.52. The molecular weight excluding hydrogens is 384 g/mol. The Labute approximate surface area is 173 Å². The molecule has 30 heavy (non-hydrogen) atoms. The Bertz CT molecular complexity index is 1090. The molecule has 2 aromatic carbocycles. The first-order chi connectivity index (χ1) is 14.5. The van der Waals surface area contributed by atoms with Crippen molar-refractivity contribution in [2.75, 3.05) is 12.4 Å². The van der Waals surface area contributed by atoms with Gasteiger partial charge in [0.05, 0.1) is 24.7 Å². The zero-order chi connectivity index (χ0) is 21.1. The fourth-order valence-corrected chi connectivity index (χ4v) is 4.02. The van der Waals surface area contributed by atoms with Crippen molar-refractivity contribution >= 4 is 28.6 Å². The number of carboxylic acid groups (broad SMARTS) is 1. The van der Waals surface area contributed by atoms with E-state index in [1.807, 2.05) is 18.2 Å². The molecule has 0 bridgehead atoms. The van der Waals surface area contributed by atoms with Gasteiger partial charge in [0.25, 0.3) is 0 Å². The highest BCUT2D eigenvalue weighted by atomic mass is 16.5. The van der Waals surface area contributed by atoms with Crippen LogP contribution < -0.4 is 10.1 Å². The Kier molecular flexibility index (Phi) is 5.65. The Hall–Kier alpha value is -3.42. The molecule has 0 saturated heterocycles. The topological polar surface area (TPSA) is 106 Å². The number of hydrogen-bond donors (Lipinski definition) is 2. The maximum Gasteiger partial charge on any atom is 0.335 e. The van der Waals surface area contributed by atoms with Crippen LogP contribution in [0, 0.1) is 5.92 Å². The van der Waals surface area contributed by atoms with Gasteiger partial charge in [-0.05, 0) is 49.1 Å². The summed E-state index contributed by atoms with van der Waals surface area (Å²) in [6, 6.07) is 10.3. The number of ether oxygens (including phenoxy) is 1. The standard InChI is InChI=1S/C22H24N4O4/c1-30-20-11-15(22(28)29)6-7-16(20)13-26-19-12-17(8-9-18(19)24-25-26)23-21(27)10-14-4-2-3-5-14/h6-9,11-12,14H,2-5,10,13H2,1H3,(H,23,27)(H,28,29). The summed E-state index contributed by atoms with van der Waals surface area (Å²) < 4.78 is 7.06. The van der Waals surface area contributed by atoms with Crippen LogP contribution in [0.3, 0.4) is 0 Å². The molecule has 0 aliphatic heterocycles. The van der Waals surface area contributed by atoms with E-state index in [4.69, 9.17) is 9.84 Å². The van der Waals surface area contributed by atoms with E-state index in [0.717, 1.165) is 23.9 Å². The van der Waals surface area contributed by atoms with Crippen molar-refractivity contribution in [3.63, 3.8) is 0 Å². The lowest BCUT2D eigenvalue weighted by atomic mass is 10.0. The fourth-order valence-electron chi connectivity index (χ4n) is 4.02. The summed E-state index contributed by atoms with van der Waals surface area (Å²) >= 11 is 0. The van der Waals surface area contributed by atoms with Crippen molar-refractivity contribution in [1.82, 2.24) is 15.0 Å². The quantitative estimate of drug-likeness (QED) is 0.617. The molecular formula is C22H24N4O4. The number of carbonyl (C=O) groups is 2. The third-order valence-electron chi connectivity index (χ3n) is 5.60. The number of methoxy groups -OCH3 is 1. The lowest BCUT2D eigenvalue weighted by molar-refractivity contribution is -0.117. The first-order valence-corrected chi connectivity index (χ1v) is 10.1. The third kappa shape index (κ3) is 4.27. The molecule has 0 atom stereocenters. The van der Waals surface area contributed by atoms with Gasteiger partial charge in [0, 0.05) is 17.7 Å². The van der Waals surface area contributed by atoms with Gasteiger partial charge < -0.3 is 15.2 Å². The SMILES string of the molecule is COc1cc(C(=O)O)ccc1Cn1nnc2ccc(NC(=O)CC3CCCC3)cc21. The Balaban J connectivity index is 1.54. The van der Waals surface area contributed by atoms with Crippen LogP contribution in [0.25, 0.3) is 11.0 Å². The monoisotopic (exact) mass is 408 g/mol. The molecule has 4 rings (SSSR count). The van der Waals surface area contributed by atoms with Crippen LogP contribution in [-0.4, -0.2) is 39.1 Å². The predicted molar refractivity (Wildman–Crippen MR) is 112 cm³/mol. The van der Waals surface area contributed by atoms with E-state index in [9.17, 15) is 9.59 Å². The molecule has 0 spiro atoms. The predicted octanol–water partition coefficient (Wildman–Crippen LogP) is 3.71. The highest BCUT2D eigenvalue weighted by Gasteiger charge is 2.19. The van der Waals surface area contributed by atoms with Crippen molar-refractivity contribution in [2.24, 2.45) is 5.92 Å². The second-order valence-electron chi connectivity index (χ2n) is 7.69. The number of rotatable bonds is 7. The number of benzene rings is 2. The van der Waals surface area contributed by atoms with E-state index in [1.165, 1.54) is 32.1 Å². The number of anilines is 1. The van der Waals surface area contributed by atoms with E-state index in [1.54, 1.807) is 10.7 Å². The summed E-state index contributed by atoms with van der Waals surface area (Å²) in [4.78, 5) is 23.6. The number of hydrogen-bond acceptors (Lipinski definition) is 5. The number of nitrogens with zero attached hydrogens (tertiary/aromatic N) is 3. The second-order valence-corrected chi connectivity index (χ2v) is 7.69. The number of aromatic nitrogens is 3. The van der Waals surface area contributed by atoms with Gasteiger partial charge in [0.15, 0.2) is 0 Å². The summed E-state index contributed by atoms with van der Waals surface area (Å²) in [6.45, 7) is 0.360. The van der Waals surface area contributed by atoms with Crippen LogP contribution in [0.5, 0.6) is 5.75 Å². The minimum atomic E-state index is -1.01. The van der Waals surface area contributed by atoms with Crippen LogP contribution in [0.15, 0.2) is 36.4 Å². The summed E-state index contributed by atoms with van der Waals surface area (Å²) in [6.07, 6.45) is 5.25. The molecule has 0 unspecified atom stereocenters. The van der Waals surface area contributed by atoms with Crippen LogP contribution in [-0.2, 0) is 11.3 Å².